The molecule has 6 heteroatoms. The van der Waals surface area contributed by atoms with Gasteiger partial charge in [-0.1, -0.05) is 42.4 Å². The van der Waals surface area contributed by atoms with Gasteiger partial charge in [0, 0.05) is 11.1 Å². The van der Waals surface area contributed by atoms with Crippen LogP contribution in [0.15, 0.2) is 28.6 Å². The number of nitrogens with zero attached hydrogens (tertiary/aromatic N) is 2. The molecule has 0 fully saturated rings. The lowest BCUT2D eigenvalue weighted by molar-refractivity contribution is 0.634. The van der Waals surface area contributed by atoms with Crippen molar-refractivity contribution in [3.8, 4) is 0 Å². The first-order valence-corrected chi connectivity index (χ1v) is 8.11. The van der Waals surface area contributed by atoms with Crippen molar-refractivity contribution >= 4 is 34.9 Å². The van der Waals surface area contributed by atoms with Crippen LogP contribution in [0.5, 0.6) is 0 Å². The van der Waals surface area contributed by atoms with E-state index in [0.29, 0.717) is 0 Å². The molecule has 2 aromatic rings. The van der Waals surface area contributed by atoms with Gasteiger partial charge in [-0.15, -0.1) is 0 Å². The lowest BCUT2D eigenvalue weighted by Crippen LogP contribution is -2.25. The Kier molecular flexibility index (Phi) is 5.21. The molecule has 19 heavy (non-hydrogen) atoms. The van der Waals surface area contributed by atoms with Crippen molar-refractivity contribution in [1.82, 2.24) is 9.36 Å². The summed E-state index contributed by atoms with van der Waals surface area (Å²) in [6.45, 7) is 3.99. The minimum Gasteiger partial charge on any atom is -0.326 e. The summed E-state index contributed by atoms with van der Waals surface area (Å²) in [7, 11) is 0. The topological polar surface area (TPSA) is 51.8 Å². The Bertz CT molecular complexity index is 544. The fourth-order valence-electron chi connectivity index (χ4n) is 1.73. The summed E-state index contributed by atoms with van der Waals surface area (Å²) < 4.78 is 5.16. The molecule has 1 aromatic carbocycles. The maximum atomic E-state index is 6.25. The van der Waals surface area contributed by atoms with E-state index in [1.807, 2.05) is 25.1 Å². The van der Waals surface area contributed by atoms with Crippen molar-refractivity contribution in [3.63, 3.8) is 0 Å². The fourth-order valence-corrected chi connectivity index (χ4v) is 4.00. The summed E-state index contributed by atoms with van der Waals surface area (Å²) in [5.74, 6) is 0.808. The third-order valence-corrected chi connectivity index (χ3v) is 5.29. The van der Waals surface area contributed by atoms with Crippen LogP contribution in [0.25, 0.3) is 0 Å². The standard InChI is InChI=1S/C13H16ClN3S2/c1-3-11(15)12(9-5-4-6-10(14)7-9)18-13-16-8(2)17-19-13/h4-7,11-12H,3,15H2,1-2H3. The van der Waals surface area contributed by atoms with Gasteiger partial charge in [0.1, 0.15) is 5.82 Å². The predicted octanol–water partition coefficient (Wildman–Crippen LogP) is 4.07. The first kappa shape index (κ1) is 14.8. The number of hydrogen-bond acceptors (Lipinski definition) is 5. The van der Waals surface area contributed by atoms with Crippen molar-refractivity contribution in [2.45, 2.75) is 35.9 Å². The molecular formula is C13H16ClN3S2. The lowest BCUT2D eigenvalue weighted by Gasteiger charge is -2.21. The summed E-state index contributed by atoms with van der Waals surface area (Å²) in [4.78, 5) is 4.40. The average Bonchev–Trinajstić information content (AvgIpc) is 2.80. The van der Waals surface area contributed by atoms with E-state index < -0.39 is 0 Å². The maximum Gasteiger partial charge on any atom is 0.170 e. The normalized spacial score (nSPS) is 14.3. The minimum absolute atomic E-state index is 0.0627. The fraction of sp³-hybridized carbons (Fsp3) is 0.385. The van der Waals surface area contributed by atoms with Crippen LogP contribution in [0.1, 0.15) is 30.0 Å². The highest BCUT2D eigenvalue weighted by atomic mass is 35.5. The Morgan fingerprint density at radius 1 is 1.47 bits per heavy atom. The van der Waals surface area contributed by atoms with E-state index in [9.17, 15) is 0 Å². The molecule has 102 valence electrons. The molecule has 0 radical (unpaired) electrons. The van der Waals surface area contributed by atoms with Crippen LogP contribution in [0.2, 0.25) is 5.02 Å². The molecule has 0 aliphatic carbocycles. The molecule has 2 unspecified atom stereocenters. The minimum atomic E-state index is 0.0627. The van der Waals surface area contributed by atoms with Gasteiger partial charge in [-0.25, -0.2) is 4.98 Å². The van der Waals surface area contributed by atoms with Crippen molar-refractivity contribution in [2.75, 3.05) is 0 Å². The SMILES string of the molecule is CCC(N)C(Sc1nc(C)ns1)c1cccc(Cl)c1. The molecule has 0 spiro atoms. The van der Waals surface area contributed by atoms with E-state index in [1.165, 1.54) is 11.5 Å². The summed E-state index contributed by atoms with van der Waals surface area (Å²) >= 11 is 9.15. The van der Waals surface area contributed by atoms with E-state index >= 15 is 0 Å². The first-order chi connectivity index (χ1) is 9.10. The quantitative estimate of drug-likeness (QED) is 0.845. The van der Waals surface area contributed by atoms with Gasteiger partial charge in [0.15, 0.2) is 4.34 Å². The van der Waals surface area contributed by atoms with E-state index in [4.69, 9.17) is 17.3 Å². The number of aromatic nitrogens is 2. The predicted molar refractivity (Wildman–Crippen MR) is 83.0 cm³/mol. The van der Waals surface area contributed by atoms with Crippen molar-refractivity contribution < 1.29 is 0 Å². The van der Waals surface area contributed by atoms with Crippen LogP contribution in [-0.4, -0.2) is 15.4 Å². The summed E-state index contributed by atoms with van der Waals surface area (Å²) in [6, 6.07) is 7.93. The second kappa shape index (κ2) is 6.70. The molecule has 2 N–H and O–H groups in total. The van der Waals surface area contributed by atoms with Crippen molar-refractivity contribution in [3.05, 3.63) is 40.7 Å². The van der Waals surface area contributed by atoms with Crippen molar-refractivity contribution in [1.29, 1.82) is 0 Å². The molecule has 3 nitrogen and oxygen atoms in total. The second-order valence-electron chi connectivity index (χ2n) is 4.27. The molecule has 0 aliphatic heterocycles. The van der Waals surface area contributed by atoms with Crippen molar-refractivity contribution in [2.24, 2.45) is 5.73 Å². The van der Waals surface area contributed by atoms with Crippen LogP contribution >= 0.6 is 34.9 Å². The van der Waals surface area contributed by atoms with Crippen LogP contribution in [0, 0.1) is 6.92 Å². The summed E-state index contributed by atoms with van der Waals surface area (Å²) in [5.41, 5.74) is 7.39. The van der Waals surface area contributed by atoms with Gasteiger partial charge in [0.25, 0.3) is 0 Å². The Labute approximate surface area is 126 Å². The lowest BCUT2D eigenvalue weighted by atomic mass is 10.0. The molecule has 1 heterocycles. The molecule has 0 amide bonds. The van der Waals surface area contributed by atoms with E-state index in [-0.39, 0.29) is 11.3 Å². The number of hydrogen-bond donors (Lipinski definition) is 1. The smallest absolute Gasteiger partial charge is 0.170 e. The molecule has 1 aromatic heterocycles. The van der Waals surface area contributed by atoms with Gasteiger partial charge in [0.2, 0.25) is 0 Å². The Balaban J connectivity index is 2.25. The highest BCUT2D eigenvalue weighted by Gasteiger charge is 2.21. The number of thioether (sulfide) groups is 1. The number of aryl methyl sites for hydroxylation is 1. The Morgan fingerprint density at radius 3 is 2.84 bits per heavy atom. The van der Waals surface area contributed by atoms with E-state index in [0.717, 1.165) is 27.2 Å². The molecule has 2 atom stereocenters. The van der Waals surface area contributed by atoms with Gasteiger partial charge in [-0.05, 0) is 42.6 Å². The second-order valence-corrected chi connectivity index (χ2v) is 6.85. The largest absolute Gasteiger partial charge is 0.326 e. The van der Waals surface area contributed by atoms with E-state index in [2.05, 4.69) is 22.3 Å². The van der Waals surface area contributed by atoms with Gasteiger partial charge >= 0.3 is 0 Å². The third-order valence-electron chi connectivity index (χ3n) is 2.77. The first-order valence-electron chi connectivity index (χ1n) is 6.08. The van der Waals surface area contributed by atoms with E-state index in [1.54, 1.807) is 11.8 Å². The Hall–Kier alpha value is -0.620. The Morgan fingerprint density at radius 2 is 2.26 bits per heavy atom. The van der Waals surface area contributed by atoms with Gasteiger partial charge in [-0.2, -0.15) is 4.37 Å². The molecule has 0 saturated carbocycles. The zero-order chi connectivity index (χ0) is 13.8. The molecule has 0 aliphatic rings. The molecule has 0 bridgehead atoms. The summed E-state index contributed by atoms with van der Waals surface area (Å²) in [5, 5.41) is 0.885. The highest BCUT2D eigenvalue weighted by molar-refractivity contribution is 8.01. The number of nitrogens with two attached hydrogens (primary N) is 1. The van der Waals surface area contributed by atoms with Crippen LogP contribution in [0.3, 0.4) is 0 Å². The number of rotatable bonds is 5. The molecule has 2 rings (SSSR count). The van der Waals surface area contributed by atoms with Gasteiger partial charge in [-0.3, -0.25) is 0 Å². The third kappa shape index (κ3) is 3.92. The molecule has 0 saturated heterocycles. The van der Waals surface area contributed by atoms with Crippen LogP contribution in [-0.2, 0) is 0 Å². The van der Waals surface area contributed by atoms with Crippen LogP contribution < -0.4 is 5.73 Å². The van der Waals surface area contributed by atoms with Crippen LogP contribution in [0.4, 0.5) is 0 Å². The number of benzene rings is 1. The monoisotopic (exact) mass is 313 g/mol. The zero-order valence-electron chi connectivity index (χ0n) is 10.8. The average molecular weight is 314 g/mol. The van der Waals surface area contributed by atoms with Gasteiger partial charge < -0.3 is 5.73 Å². The molecular weight excluding hydrogens is 298 g/mol. The number of halogens is 1. The zero-order valence-corrected chi connectivity index (χ0v) is 13.2. The highest BCUT2D eigenvalue weighted by Crippen LogP contribution is 2.39. The van der Waals surface area contributed by atoms with Gasteiger partial charge in [0.05, 0.1) is 5.25 Å². The summed E-state index contributed by atoms with van der Waals surface area (Å²) in [6.07, 6.45) is 0.905. The maximum absolute atomic E-state index is 6.25.